The summed E-state index contributed by atoms with van der Waals surface area (Å²) in [7, 11) is 0. The van der Waals surface area contributed by atoms with Gasteiger partial charge in [-0.1, -0.05) is 31.8 Å². The fraction of sp³-hybridized carbons (Fsp3) is 0.733. The molecule has 1 aliphatic carbocycles. The zero-order valence-corrected chi connectivity index (χ0v) is 12.2. The average molecular weight is 278 g/mol. The topological polar surface area (TPSA) is 55.6 Å². The minimum Gasteiger partial charge on any atom is -0.371 e. The molecule has 1 aromatic heterocycles. The van der Waals surface area contributed by atoms with E-state index in [4.69, 9.17) is 9.26 Å². The lowest BCUT2D eigenvalue weighted by Crippen LogP contribution is -2.52. The number of hydrogen-bond donors (Lipinski definition) is 0. The monoisotopic (exact) mass is 278 g/mol. The SMILES string of the molecule is CC(C)c1cc(C(=O)N2CCOC3(CCCC3)C2)no1. The Balaban J connectivity index is 1.72. The molecule has 5 heteroatoms. The molecule has 1 saturated carbocycles. The van der Waals surface area contributed by atoms with Gasteiger partial charge in [-0.2, -0.15) is 0 Å². The van der Waals surface area contributed by atoms with E-state index < -0.39 is 0 Å². The molecule has 1 aliphatic heterocycles. The first-order chi connectivity index (χ1) is 9.60. The number of ether oxygens (including phenoxy) is 1. The fourth-order valence-corrected chi connectivity index (χ4v) is 3.16. The highest BCUT2D eigenvalue weighted by Crippen LogP contribution is 2.36. The minimum absolute atomic E-state index is 0.0322. The largest absolute Gasteiger partial charge is 0.371 e. The van der Waals surface area contributed by atoms with Crippen LogP contribution in [0.15, 0.2) is 10.6 Å². The summed E-state index contributed by atoms with van der Waals surface area (Å²) in [6.45, 7) is 6.01. The van der Waals surface area contributed by atoms with Crippen LogP contribution < -0.4 is 0 Å². The second-order valence-electron chi connectivity index (χ2n) is 6.23. The molecule has 110 valence electrons. The maximum absolute atomic E-state index is 12.5. The Labute approximate surface area is 119 Å². The predicted molar refractivity (Wildman–Crippen MR) is 73.6 cm³/mol. The first-order valence-electron chi connectivity index (χ1n) is 7.49. The third kappa shape index (κ3) is 2.46. The molecular formula is C15H22N2O3. The Morgan fingerprint density at radius 3 is 2.80 bits per heavy atom. The maximum Gasteiger partial charge on any atom is 0.276 e. The van der Waals surface area contributed by atoms with Crippen molar-refractivity contribution in [3.8, 4) is 0 Å². The zero-order chi connectivity index (χ0) is 14.2. The van der Waals surface area contributed by atoms with Crippen LogP contribution in [0, 0.1) is 0 Å². The molecule has 1 aromatic rings. The van der Waals surface area contributed by atoms with Gasteiger partial charge in [0.05, 0.1) is 18.8 Å². The van der Waals surface area contributed by atoms with E-state index in [9.17, 15) is 4.79 Å². The van der Waals surface area contributed by atoms with Crippen molar-refractivity contribution in [2.24, 2.45) is 0 Å². The Kier molecular flexibility index (Phi) is 3.54. The lowest BCUT2D eigenvalue weighted by atomic mass is 9.99. The number of nitrogens with zero attached hydrogens (tertiary/aromatic N) is 2. The summed E-state index contributed by atoms with van der Waals surface area (Å²) in [5.41, 5.74) is 0.321. The van der Waals surface area contributed by atoms with Gasteiger partial charge in [-0.25, -0.2) is 0 Å². The van der Waals surface area contributed by atoms with E-state index in [1.54, 1.807) is 6.07 Å². The number of carbonyl (C=O) groups is 1. The molecule has 0 bridgehead atoms. The Bertz CT molecular complexity index is 489. The summed E-state index contributed by atoms with van der Waals surface area (Å²) < 4.78 is 11.2. The highest BCUT2D eigenvalue weighted by molar-refractivity contribution is 5.92. The van der Waals surface area contributed by atoms with Crippen molar-refractivity contribution in [3.63, 3.8) is 0 Å². The molecule has 20 heavy (non-hydrogen) atoms. The fourth-order valence-electron chi connectivity index (χ4n) is 3.16. The summed E-state index contributed by atoms with van der Waals surface area (Å²) >= 11 is 0. The van der Waals surface area contributed by atoms with Crippen LogP contribution in [-0.2, 0) is 4.74 Å². The second-order valence-corrected chi connectivity index (χ2v) is 6.23. The maximum atomic E-state index is 12.5. The summed E-state index contributed by atoms with van der Waals surface area (Å²) in [6, 6.07) is 1.77. The lowest BCUT2D eigenvalue weighted by Gasteiger charge is -2.40. The molecule has 2 heterocycles. The van der Waals surface area contributed by atoms with E-state index in [0.29, 0.717) is 25.4 Å². The smallest absolute Gasteiger partial charge is 0.276 e. The first-order valence-corrected chi connectivity index (χ1v) is 7.49. The molecule has 5 nitrogen and oxygen atoms in total. The van der Waals surface area contributed by atoms with Crippen LogP contribution >= 0.6 is 0 Å². The minimum atomic E-state index is -0.0987. The van der Waals surface area contributed by atoms with Crippen LogP contribution in [0.4, 0.5) is 0 Å². The van der Waals surface area contributed by atoms with Crippen LogP contribution in [0.1, 0.15) is 61.7 Å². The Hall–Kier alpha value is -1.36. The molecule has 3 rings (SSSR count). The highest BCUT2D eigenvalue weighted by atomic mass is 16.5. The van der Waals surface area contributed by atoms with E-state index in [1.807, 2.05) is 18.7 Å². The normalized spacial score (nSPS) is 21.9. The predicted octanol–water partition coefficient (Wildman–Crippen LogP) is 2.58. The highest BCUT2D eigenvalue weighted by Gasteiger charge is 2.41. The molecule has 0 N–H and O–H groups in total. The van der Waals surface area contributed by atoms with Gasteiger partial charge < -0.3 is 14.2 Å². The lowest BCUT2D eigenvalue weighted by molar-refractivity contribution is -0.0949. The standard InChI is InChI=1S/C15H22N2O3/c1-11(2)13-9-12(16-20-13)14(18)17-7-8-19-15(10-17)5-3-4-6-15/h9,11H,3-8,10H2,1-2H3. The van der Waals surface area contributed by atoms with E-state index in [0.717, 1.165) is 18.6 Å². The van der Waals surface area contributed by atoms with E-state index in [-0.39, 0.29) is 17.4 Å². The van der Waals surface area contributed by atoms with Crippen molar-refractivity contribution >= 4 is 5.91 Å². The number of amides is 1. The van der Waals surface area contributed by atoms with Crippen molar-refractivity contribution in [3.05, 3.63) is 17.5 Å². The van der Waals surface area contributed by atoms with E-state index >= 15 is 0 Å². The van der Waals surface area contributed by atoms with Crippen LogP contribution in [0.25, 0.3) is 0 Å². The molecular weight excluding hydrogens is 256 g/mol. The van der Waals surface area contributed by atoms with E-state index in [2.05, 4.69) is 5.16 Å². The van der Waals surface area contributed by atoms with Gasteiger partial charge in [0.25, 0.3) is 5.91 Å². The third-order valence-electron chi connectivity index (χ3n) is 4.37. The molecule has 2 aliphatic rings. The summed E-state index contributed by atoms with van der Waals surface area (Å²) in [5, 5.41) is 3.92. The number of aromatic nitrogens is 1. The van der Waals surface area contributed by atoms with Crippen LogP contribution in [0.3, 0.4) is 0 Å². The number of morpholine rings is 1. The van der Waals surface area contributed by atoms with Gasteiger partial charge in [-0.05, 0) is 12.8 Å². The quantitative estimate of drug-likeness (QED) is 0.834. The summed E-state index contributed by atoms with van der Waals surface area (Å²) in [4.78, 5) is 14.4. The van der Waals surface area contributed by atoms with Crippen molar-refractivity contribution in [1.29, 1.82) is 0 Å². The van der Waals surface area contributed by atoms with Gasteiger partial charge >= 0.3 is 0 Å². The third-order valence-corrected chi connectivity index (χ3v) is 4.37. The molecule has 1 saturated heterocycles. The van der Waals surface area contributed by atoms with Crippen molar-refractivity contribution in [1.82, 2.24) is 10.1 Å². The van der Waals surface area contributed by atoms with Gasteiger partial charge in [-0.3, -0.25) is 4.79 Å². The number of hydrogen-bond acceptors (Lipinski definition) is 4. The number of carbonyl (C=O) groups excluding carboxylic acids is 1. The molecule has 1 amide bonds. The van der Waals surface area contributed by atoms with Gasteiger partial charge in [-0.15, -0.1) is 0 Å². The molecule has 0 radical (unpaired) electrons. The number of rotatable bonds is 2. The summed E-state index contributed by atoms with van der Waals surface area (Å²) in [5.74, 6) is 0.974. The van der Waals surface area contributed by atoms with E-state index in [1.165, 1.54) is 12.8 Å². The Morgan fingerprint density at radius 1 is 1.40 bits per heavy atom. The van der Waals surface area contributed by atoms with Crippen molar-refractivity contribution in [2.75, 3.05) is 19.7 Å². The molecule has 0 unspecified atom stereocenters. The summed E-state index contributed by atoms with van der Waals surface area (Å²) in [6.07, 6.45) is 4.52. The molecule has 0 aromatic carbocycles. The van der Waals surface area contributed by atoms with Crippen LogP contribution in [0.5, 0.6) is 0 Å². The van der Waals surface area contributed by atoms with Gasteiger partial charge in [0, 0.05) is 18.5 Å². The molecule has 2 fully saturated rings. The average Bonchev–Trinajstić information content (AvgIpc) is 3.08. The van der Waals surface area contributed by atoms with Crippen molar-refractivity contribution in [2.45, 2.75) is 51.0 Å². The Morgan fingerprint density at radius 2 is 2.15 bits per heavy atom. The van der Waals surface area contributed by atoms with Crippen LogP contribution in [-0.4, -0.2) is 41.3 Å². The second kappa shape index (κ2) is 5.20. The van der Waals surface area contributed by atoms with Crippen molar-refractivity contribution < 1.29 is 14.1 Å². The first kappa shape index (κ1) is 13.6. The zero-order valence-electron chi connectivity index (χ0n) is 12.2. The van der Waals surface area contributed by atoms with Gasteiger partial charge in [0.1, 0.15) is 5.76 Å². The molecule has 0 atom stereocenters. The van der Waals surface area contributed by atoms with Gasteiger partial charge in [0.2, 0.25) is 0 Å². The molecule has 1 spiro atoms. The van der Waals surface area contributed by atoms with Crippen LogP contribution in [0.2, 0.25) is 0 Å². The van der Waals surface area contributed by atoms with Gasteiger partial charge in [0.15, 0.2) is 5.69 Å².